The van der Waals surface area contributed by atoms with Gasteiger partial charge in [-0.2, -0.15) is 36.3 Å². The van der Waals surface area contributed by atoms with Gasteiger partial charge in [0, 0.05) is 12.4 Å². The Hall–Kier alpha value is -2.48. The number of amides is 2. The van der Waals surface area contributed by atoms with Crippen LogP contribution in [0.1, 0.15) is 0 Å². The Morgan fingerprint density at radius 2 is 1.62 bits per heavy atom. The van der Waals surface area contributed by atoms with Crippen LogP contribution < -0.4 is 19.7 Å². The fourth-order valence-electron chi connectivity index (χ4n) is 1.68. The van der Waals surface area contributed by atoms with Crippen molar-refractivity contribution in [3.8, 4) is 11.8 Å². The molecular weight excluding hydrogens is 454 g/mol. The number of halogens is 7. The summed E-state index contributed by atoms with van der Waals surface area (Å²) in [5.74, 6) is -2.11. The van der Waals surface area contributed by atoms with Crippen LogP contribution >= 0.6 is 22.9 Å². The zero-order valence-electron chi connectivity index (χ0n) is 14.3. The minimum Gasteiger partial charge on any atom is -0.468 e. The van der Waals surface area contributed by atoms with Crippen LogP contribution in [0.25, 0.3) is 0 Å². The van der Waals surface area contributed by atoms with Crippen LogP contribution in [0, 0.1) is 0 Å². The van der Waals surface area contributed by atoms with E-state index in [2.05, 4.69) is 24.8 Å². The number of anilines is 2. The standard InChI is InChI=1S/C14H11ClF6N4O3S/c1-25(10-2-7(15)4-29-10)12(26)24-11-22-8(27-5-13(16,17)18)3-9(23-11)28-6-14(19,20)21/h2-4H,5-6H2,1H3,(H,22,23,24,26). The van der Waals surface area contributed by atoms with E-state index in [-0.39, 0.29) is 0 Å². The first-order chi connectivity index (χ1) is 13.3. The molecule has 0 fully saturated rings. The van der Waals surface area contributed by atoms with E-state index in [1.54, 1.807) is 5.38 Å². The number of carbonyl (C=O) groups excluding carboxylic acids is 1. The molecule has 0 aliphatic heterocycles. The summed E-state index contributed by atoms with van der Waals surface area (Å²) >= 11 is 6.88. The van der Waals surface area contributed by atoms with Crippen molar-refractivity contribution in [1.82, 2.24) is 9.97 Å². The average molecular weight is 465 g/mol. The maximum Gasteiger partial charge on any atom is 0.422 e. The molecule has 0 saturated carbocycles. The van der Waals surface area contributed by atoms with E-state index in [1.807, 2.05) is 0 Å². The topological polar surface area (TPSA) is 76.6 Å². The highest BCUT2D eigenvalue weighted by molar-refractivity contribution is 7.14. The molecule has 2 rings (SSSR count). The molecular formula is C14H11ClF6N4O3S. The van der Waals surface area contributed by atoms with Crippen molar-refractivity contribution in [3.63, 3.8) is 0 Å². The lowest BCUT2D eigenvalue weighted by Gasteiger charge is -2.16. The Kier molecular flexibility index (Phi) is 7.00. The first-order valence-electron chi connectivity index (χ1n) is 7.39. The molecule has 7 nitrogen and oxygen atoms in total. The predicted octanol–water partition coefficient (Wildman–Crippen LogP) is 4.74. The molecule has 29 heavy (non-hydrogen) atoms. The van der Waals surface area contributed by atoms with E-state index in [9.17, 15) is 31.1 Å². The lowest BCUT2D eigenvalue weighted by Crippen LogP contribution is -2.31. The Morgan fingerprint density at radius 1 is 1.10 bits per heavy atom. The molecule has 2 amide bonds. The maximum atomic E-state index is 12.3. The fraction of sp³-hybridized carbons (Fsp3) is 0.357. The van der Waals surface area contributed by atoms with Crippen molar-refractivity contribution in [2.75, 3.05) is 30.5 Å². The van der Waals surface area contributed by atoms with Gasteiger partial charge >= 0.3 is 18.4 Å². The molecule has 0 aromatic carbocycles. The number of rotatable bonds is 6. The molecule has 2 aromatic rings. The van der Waals surface area contributed by atoms with Gasteiger partial charge in [0.25, 0.3) is 0 Å². The molecule has 2 heterocycles. The summed E-state index contributed by atoms with van der Waals surface area (Å²) < 4.78 is 82.7. The van der Waals surface area contributed by atoms with Gasteiger partial charge < -0.3 is 9.47 Å². The molecule has 2 aromatic heterocycles. The SMILES string of the molecule is CN(C(=O)Nc1nc(OCC(F)(F)F)cc(OCC(F)(F)F)n1)c1cc(Cl)cs1. The maximum absolute atomic E-state index is 12.3. The molecule has 0 saturated heterocycles. The monoisotopic (exact) mass is 464 g/mol. The van der Waals surface area contributed by atoms with Crippen LogP contribution in [0.4, 0.5) is 42.1 Å². The number of nitrogens with zero attached hydrogens (tertiary/aromatic N) is 3. The molecule has 160 valence electrons. The van der Waals surface area contributed by atoms with Gasteiger partial charge in [-0.15, -0.1) is 11.3 Å². The number of hydrogen-bond acceptors (Lipinski definition) is 6. The first kappa shape index (κ1) is 22.8. The number of thiophene rings is 1. The number of hydrogen-bond donors (Lipinski definition) is 1. The molecule has 0 unspecified atom stereocenters. The highest BCUT2D eigenvalue weighted by Crippen LogP contribution is 2.28. The minimum absolute atomic E-state index is 0.367. The van der Waals surface area contributed by atoms with Gasteiger partial charge in [0.2, 0.25) is 17.7 Å². The summed E-state index contributed by atoms with van der Waals surface area (Å²) in [6, 6.07) is 1.27. The van der Waals surface area contributed by atoms with Gasteiger partial charge in [-0.05, 0) is 6.07 Å². The minimum atomic E-state index is -4.72. The Balaban J connectivity index is 2.20. The Bertz CT molecular complexity index is 824. The van der Waals surface area contributed by atoms with Gasteiger partial charge in [-0.3, -0.25) is 10.2 Å². The second-order valence-electron chi connectivity index (χ2n) is 5.27. The molecule has 0 radical (unpaired) electrons. The zero-order chi connectivity index (χ0) is 21.8. The van der Waals surface area contributed by atoms with E-state index < -0.39 is 49.3 Å². The number of carbonyl (C=O) groups is 1. The summed E-state index contributed by atoms with van der Waals surface area (Å²) in [7, 11) is 1.35. The first-order valence-corrected chi connectivity index (χ1v) is 8.65. The number of ether oxygens (including phenoxy) is 2. The van der Waals surface area contributed by atoms with Gasteiger partial charge in [-0.25, -0.2) is 4.79 Å². The van der Waals surface area contributed by atoms with E-state index in [0.717, 1.165) is 16.2 Å². The quantitative estimate of drug-likeness (QED) is 0.625. The van der Waals surface area contributed by atoms with Gasteiger partial charge in [0.15, 0.2) is 13.2 Å². The average Bonchev–Trinajstić information content (AvgIpc) is 3.02. The predicted molar refractivity (Wildman–Crippen MR) is 91.9 cm³/mol. The Morgan fingerprint density at radius 3 is 2.03 bits per heavy atom. The highest BCUT2D eigenvalue weighted by Gasteiger charge is 2.30. The Labute approximate surface area is 168 Å². The van der Waals surface area contributed by atoms with Crippen LogP contribution in [-0.2, 0) is 0 Å². The third-order valence-corrected chi connectivity index (χ3v) is 4.21. The molecule has 0 atom stereocenters. The summed E-state index contributed by atoms with van der Waals surface area (Å²) in [6.45, 7) is -3.52. The second kappa shape index (κ2) is 8.90. The number of aromatic nitrogens is 2. The largest absolute Gasteiger partial charge is 0.468 e. The third-order valence-electron chi connectivity index (χ3n) is 2.85. The van der Waals surface area contributed by atoms with Crippen LogP contribution in [-0.4, -0.2) is 48.6 Å². The smallest absolute Gasteiger partial charge is 0.422 e. The van der Waals surface area contributed by atoms with E-state index >= 15 is 0 Å². The van der Waals surface area contributed by atoms with Crippen LogP contribution in [0.5, 0.6) is 11.8 Å². The molecule has 15 heteroatoms. The van der Waals surface area contributed by atoms with Crippen LogP contribution in [0.2, 0.25) is 5.02 Å². The van der Waals surface area contributed by atoms with Crippen molar-refractivity contribution < 1.29 is 40.6 Å². The summed E-state index contributed by atoms with van der Waals surface area (Å²) in [5, 5.41) is 4.45. The van der Waals surface area contributed by atoms with Crippen molar-refractivity contribution in [2.45, 2.75) is 12.4 Å². The van der Waals surface area contributed by atoms with Crippen molar-refractivity contribution in [2.24, 2.45) is 0 Å². The van der Waals surface area contributed by atoms with Gasteiger partial charge in [0.05, 0.1) is 11.1 Å². The van der Waals surface area contributed by atoms with Crippen molar-refractivity contribution in [1.29, 1.82) is 0 Å². The highest BCUT2D eigenvalue weighted by atomic mass is 35.5. The van der Waals surface area contributed by atoms with E-state index in [4.69, 9.17) is 11.6 Å². The number of urea groups is 1. The normalized spacial score (nSPS) is 11.9. The van der Waals surface area contributed by atoms with Crippen molar-refractivity contribution in [3.05, 3.63) is 22.5 Å². The lowest BCUT2D eigenvalue weighted by molar-refractivity contribution is -0.154. The second-order valence-corrected chi connectivity index (χ2v) is 6.59. The summed E-state index contributed by atoms with van der Waals surface area (Å²) in [5.41, 5.74) is 0. The molecule has 0 aliphatic carbocycles. The third kappa shape index (κ3) is 7.81. The van der Waals surface area contributed by atoms with E-state index in [0.29, 0.717) is 16.1 Å². The molecule has 1 N–H and O–H groups in total. The van der Waals surface area contributed by atoms with E-state index in [1.165, 1.54) is 13.1 Å². The van der Waals surface area contributed by atoms with Crippen LogP contribution in [0.15, 0.2) is 17.5 Å². The molecule has 0 aliphatic rings. The van der Waals surface area contributed by atoms with Crippen LogP contribution in [0.3, 0.4) is 0 Å². The summed E-state index contributed by atoms with van der Waals surface area (Å²) in [4.78, 5) is 20.4. The number of alkyl halides is 6. The molecule has 0 bridgehead atoms. The lowest BCUT2D eigenvalue weighted by atomic mass is 10.5. The summed E-state index contributed by atoms with van der Waals surface area (Å²) in [6.07, 6.45) is -9.44. The van der Waals surface area contributed by atoms with Gasteiger partial charge in [0.1, 0.15) is 5.00 Å². The zero-order valence-corrected chi connectivity index (χ0v) is 15.8. The van der Waals surface area contributed by atoms with Gasteiger partial charge in [-0.1, -0.05) is 11.6 Å². The van der Waals surface area contributed by atoms with Crippen molar-refractivity contribution >= 4 is 39.9 Å². The number of nitrogens with one attached hydrogen (secondary N) is 1. The molecule has 0 spiro atoms. The fourth-order valence-corrected chi connectivity index (χ4v) is 2.72.